The molecule has 2 aromatic rings. The quantitative estimate of drug-likeness (QED) is 0.344. The van der Waals surface area contributed by atoms with Crippen LogP contribution < -0.4 is 9.47 Å². The van der Waals surface area contributed by atoms with E-state index in [-0.39, 0.29) is 31.9 Å². The maximum atomic E-state index is 13.9. The normalized spacial score (nSPS) is 11.6. The molecule has 1 atom stereocenters. The first-order valence-corrected chi connectivity index (χ1v) is 11.8. The minimum atomic E-state index is -1.01. The Bertz CT molecular complexity index is 907. The Balaban J connectivity index is 1.91. The Morgan fingerprint density at radius 2 is 1.71 bits per heavy atom. The lowest BCUT2D eigenvalue weighted by molar-refractivity contribution is -0.149. The molecule has 0 saturated heterocycles. The molecular weight excluding hydrogens is 457 g/mol. The predicted octanol–water partition coefficient (Wildman–Crippen LogP) is 4.55. The largest absolute Gasteiger partial charge is 0.492 e. The van der Waals surface area contributed by atoms with E-state index in [2.05, 4.69) is 6.92 Å². The van der Waals surface area contributed by atoms with Gasteiger partial charge in [-0.2, -0.15) is 0 Å². The van der Waals surface area contributed by atoms with E-state index in [1.807, 2.05) is 0 Å². The number of amides is 1. The van der Waals surface area contributed by atoms with Crippen LogP contribution in [0.25, 0.3) is 0 Å². The lowest BCUT2D eigenvalue weighted by Crippen LogP contribution is -2.39. The van der Waals surface area contributed by atoms with Gasteiger partial charge in [-0.1, -0.05) is 37.6 Å². The van der Waals surface area contributed by atoms with Crippen LogP contribution in [0, 0.1) is 5.82 Å². The molecule has 192 valence electrons. The molecule has 1 unspecified atom stereocenters. The summed E-state index contributed by atoms with van der Waals surface area (Å²) in [5.41, 5.74) is 0.803. The fraction of sp³-hybridized carbons (Fsp3) is 0.462. The second-order valence-electron chi connectivity index (χ2n) is 7.73. The van der Waals surface area contributed by atoms with Crippen LogP contribution in [0.3, 0.4) is 0 Å². The second kappa shape index (κ2) is 15.7. The van der Waals surface area contributed by atoms with Crippen LogP contribution in [0.15, 0.2) is 48.5 Å². The maximum Gasteiger partial charge on any atom is 0.415 e. The van der Waals surface area contributed by atoms with E-state index < -0.39 is 24.0 Å². The molecule has 0 aliphatic rings. The molecule has 0 fully saturated rings. The third-order valence-corrected chi connectivity index (χ3v) is 5.06. The van der Waals surface area contributed by atoms with Gasteiger partial charge in [0.2, 0.25) is 0 Å². The fourth-order valence-corrected chi connectivity index (χ4v) is 3.13. The zero-order valence-corrected chi connectivity index (χ0v) is 20.3. The number of benzene rings is 2. The topological polar surface area (TPSA) is 94.5 Å². The molecule has 1 N–H and O–H groups in total. The highest BCUT2D eigenvalue weighted by Gasteiger charge is 2.19. The average Bonchev–Trinajstić information content (AvgIpc) is 2.84. The number of rotatable bonds is 16. The molecule has 0 heterocycles. The molecule has 2 aromatic carbocycles. The van der Waals surface area contributed by atoms with Gasteiger partial charge in [-0.05, 0) is 43.2 Å². The molecule has 0 aromatic heterocycles. The van der Waals surface area contributed by atoms with E-state index >= 15 is 0 Å². The van der Waals surface area contributed by atoms with Crippen molar-refractivity contribution in [1.82, 2.24) is 4.90 Å². The van der Waals surface area contributed by atoms with Gasteiger partial charge in [-0.25, -0.2) is 14.0 Å². The van der Waals surface area contributed by atoms with Crippen LogP contribution in [0.2, 0.25) is 0 Å². The van der Waals surface area contributed by atoms with Crippen LogP contribution in [0.5, 0.6) is 11.5 Å². The number of carbonyl (C=O) groups is 2. The van der Waals surface area contributed by atoms with Crippen molar-refractivity contribution in [3.63, 3.8) is 0 Å². The van der Waals surface area contributed by atoms with Gasteiger partial charge in [0.1, 0.15) is 12.4 Å². The first kappa shape index (κ1) is 28.1. The molecule has 2 rings (SSSR count). The Hall–Kier alpha value is -3.17. The van der Waals surface area contributed by atoms with Crippen molar-refractivity contribution in [3.8, 4) is 11.5 Å². The zero-order chi connectivity index (χ0) is 25.5. The summed E-state index contributed by atoms with van der Waals surface area (Å²) in [6, 6.07) is 12.7. The summed E-state index contributed by atoms with van der Waals surface area (Å²) in [4.78, 5) is 25.3. The number of halogens is 1. The molecule has 0 aliphatic carbocycles. The van der Waals surface area contributed by atoms with Crippen molar-refractivity contribution < 1.29 is 38.0 Å². The predicted molar refractivity (Wildman–Crippen MR) is 128 cm³/mol. The van der Waals surface area contributed by atoms with E-state index in [0.717, 1.165) is 18.4 Å². The fourth-order valence-electron chi connectivity index (χ4n) is 3.13. The van der Waals surface area contributed by atoms with Crippen LogP contribution in [-0.2, 0) is 20.7 Å². The Kier molecular flexibility index (Phi) is 12.6. The van der Waals surface area contributed by atoms with Gasteiger partial charge in [0.25, 0.3) is 0 Å². The van der Waals surface area contributed by atoms with Gasteiger partial charge in [-0.3, -0.25) is 0 Å². The van der Waals surface area contributed by atoms with Crippen molar-refractivity contribution in [3.05, 3.63) is 59.9 Å². The van der Waals surface area contributed by atoms with Crippen molar-refractivity contribution >= 4 is 12.1 Å². The number of hydrogen-bond acceptors (Lipinski definition) is 6. The van der Waals surface area contributed by atoms with E-state index in [1.165, 1.54) is 23.1 Å². The minimum absolute atomic E-state index is 0.141. The third kappa shape index (κ3) is 10.3. The highest BCUT2D eigenvalue weighted by molar-refractivity contribution is 5.72. The molecule has 0 aliphatic heterocycles. The summed E-state index contributed by atoms with van der Waals surface area (Å²) in [5.74, 6) is -1.20. The number of unbranched alkanes of at least 4 members (excludes halogenated alkanes) is 1. The number of nitrogens with zero attached hydrogens (tertiary/aromatic N) is 1. The third-order valence-electron chi connectivity index (χ3n) is 5.06. The smallest absolute Gasteiger partial charge is 0.415 e. The van der Waals surface area contributed by atoms with Gasteiger partial charge in [0, 0.05) is 26.2 Å². The number of para-hydroxylation sites is 1. The maximum absolute atomic E-state index is 13.9. The number of carboxylic acids is 1. The van der Waals surface area contributed by atoms with Crippen molar-refractivity contribution in [2.24, 2.45) is 0 Å². The lowest BCUT2D eigenvalue weighted by atomic mass is 10.1. The molecule has 1 amide bonds. The van der Waals surface area contributed by atoms with E-state index in [0.29, 0.717) is 25.6 Å². The number of ether oxygens (including phenoxy) is 4. The molecule has 9 heteroatoms. The Morgan fingerprint density at radius 1 is 1.00 bits per heavy atom. The van der Waals surface area contributed by atoms with Gasteiger partial charge in [-0.15, -0.1) is 0 Å². The van der Waals surface area contributed by atoms with Crippen LogP contribution in [0.4, 0.5) is 9.18 Å². The summed E-state index contributed by atoms with van der Waals surface area (Å²) < 4.78 is 35.7. The summed E-state index contributed by atoms with van der Waals surface area (Å²) in [7, 11) is 0. The number of aliphatic carboxylic acids is 1. The molecule has 35 heavy (non-hydrogen) atoms. The van der Waals surface area contributed by atoms with Gasteiger partial charge in [0.15, 0.2) is 17.7 Å². The van der Waals surface area contributed by atoms with Crippen molar-refractivity contribution in [2.75, 3.05) is 39.5 Å². The molecule has 8 nitrogen and oxygen atoms in total. The molecule has 0 spiro atoms. The van der Waals surface area contributed by atoms with E-state index in [1.54, 1.807) is 37.3 Å². The van der Waals surface area contributed by atoms with Gasteiger partial charge < -0.3 is 29.0 Å². The minimum Gasteiger partial charge on any atom is -0.492 e. The van der Waals surface area contributed by atoms with Crippen molar-refractivity contribution in [2.45, 2.75) is 39.2 Å². The first-order valence-electron chi connectivity index (χ1n) is 11.8. The molecule has 0 saturated carbocycles. The highest BCUT2D eigenvalue weighted by atomic mass is 19.1. The van der Waals surface area contributed by atoms with Gasteiger partial charge >= 0.3 is 12.1 Å². The molecule has 0 radical (unpaired) electrons. The Labute approximate surface area is 205 Å². The average molecular weight is 492 g/mol. The Morgan fingerprint density at radius 3 is 2.37 bits per heavy atom. The van der Waals surface area contributed by atoms with E-state index in [9.17, 15) is 19.1 Å². The molecular formula is C26H34FNO7. The van der Waals surface area contributed by atoms with E-state index in [4.69, 9.17) is 18.9 Å². The zero-order valence-electron chi connectivity index (χ0n) is 20.3. The van der Waals surface area contributed by atoms with Crippen LogP contribution >= 0.6 is 0 Å². The van der Waals surface area contributed by atoms with Crippen LogP contribution in [0.1, 0.15) is 32.3 Å². The number of carboxylic acid groups (broad SMARTS) is 1. The highest BCUT2D eigenvalue weighted by Crippen LogP contribution is 2.17. The molecule has 0 bridgehead atoms. The number of hydrogen-bond donors (Lipinski definition) is 1. The SMILES string of the molecule is CCCCOCCN(CCOc1ccc(CC(OCC)C(=O)O)cc1)C(=O)Oc1ccccc1F. The summed E-state index contributed by atoms with van der Waals surface area (Å²) >= 11 is 0. The summed E-state index contributed by atoms with van der Waals surface area (Å²) in [5, 5.41) is 9.22. The first-order chi connectivity index (χ1) is 16.9. The standard InChI is InChI=1S/C26H34FNO7/c1-3-5-16-32-17-14-28(26(31)35-23-9-7-6-8-22(23)27)15-18-34-21-12-10-20(11-13-21)19-24(25(29)30)33-4-2/h6-13,24H,3-5,14-19H2,1-2H3,(H,29,30). The monoisotopic (exact) mass is 491 g/mol. The second-order valence-corrected chi connectivity index (χ2v) is 7.73. The lowest BCUT2D eigenvalue weighted by Gasteiger charge is -2.22. The summed E-state index contributed by atoms with van der Waals surface area (Å²) in [6.45, 7) is 5.71. The van der Waals surface area contributed by atoms with Crippen LogP contribution in [-0.4, -0.2) is 67.7 Å². The number of carbonyl (C=O) groups excluding carboxylic acids is 1. The van der Waals surface area contributed by atoms with Crippen molar-refractivity contribution in [1.29, 1.82) is 0 Å². The summed E-state index contributed by atoms with van der Waals surface area (Å²) in [6.07, 6.45) is 0.589. The van der Waals surface area contributed by atoms with Gasteiger partial charge in [0.05, 0.1) is 13.2 Å².